The zero-order chi connectivity index (χ0) is 20.7. The fourth-order valence-electron chi connectivity index (χ4n) is 4.25. The van der Waals surface area contributed by atoms with Gasteiger partial charge in [0.25, 0.3) is 0 Å². The molecule has 1 saturated heterocycles. The van der Waals surface area contributed by atoms with Gasteiger partial charge in [-0.1, -0.05) is 24.3 Å². The summed E-state index contributed by atoms with van der Waals surface area (Å²) in [6, 6.07) is 11.6. The lowest BCUT2D eigenvalue weighted by molar-refractivity contribution is 0.0417. The van der Waals surface area contributed by atoms with E-state index in [9.17, 15) is 4.79 Å². The maximum Gasteiger partial charge on any atom is 0.342 e. The van der Waals surface area contributed by atoms with Gasteiger partial charge in [0.05, 0.1) is 6.26 Å². The van der Waals surface area contributed by atoms with Gasteiger partial charge in [-0.3, -0.25) is 0 Å². The summed E-state index contributed by atoms with van der Waals surface area (Å²) in [4.78, 5) is 19.8. The van der Waals surface area contributed by atoms with Gasteiger partial charge in [-0.2, -0.15) is 0 Å². The fraction of sp³-hybridized carbons (Fsp3) is 0.304. The molecule has 4 heterocycles. The third-order valence-electron chi connectivity index (χ3n) is 5.88. The first-order chi connectivity index (χ1) is 14.6. The van der Waals surface area contributed by atoms with Crippen molar-refractivity contribution in [2.45, 2.75) is 25.5 Å². The van der Waals surface area contributed by atoms with E-state index in [0.29, 0.717) is 36.0 Å². The highest BCUT2D eigenvalue weighted by Gasteiger charge is 2.32. The largest absolute Gasteiger partial charge is 0.486 e. The molecular weight excluding hydrogens is 382 g/mol. The Morgan fingerprint density at radius 3 is 2.93 bits per heavy atom. The van der Waals surface area contributed by atoms with E-state index < -0.39 is 5.97 Å². The quantitative estimate of drug-likeness (QED) is 0.661. The van der Waals surface area contributed by atoms with Crippen molar-refractivity contribution in [3.05, 3.63) is 53.8 Å². The summed E-state index contributed by atoms with van der Waals surface area (Å²) in [5.74, 6) is 0.640. The fourth-order valence-corrected chi connectivity index (χ4v) is 4.25. The Labute approximate surface area is 174 Å². The number of carbonyl (C=O) groups excluding carboxylic acids is 1. The van der Waals surface area contributed by atoms with Gasteiger partial charge in [0, 0.05) is 11.6 Å². The number of fused-ring (bicyclic) bond motifs is 3. The summed E-state index contributed by atoms with van der Waals surface area (Å²) < 4.78 is 17.3. The molecule has 30 heavy (non-hydrogen) atoms. The van der Waals surface area contributed by atoms with Gasteiger partial charge in [-0.05, 0) is 49.7 Å². The second-order valence-electron chi connectivity index (χ2n) is 7.72. The molecule has 1 aromatic carbocycles. The van der Waals surface area contributed by atoms with Crippen LogP contribution in [0, 0.1) is 0 Å². The molecule has 7 heteroatoms. The van der Waals surface area contributed by atoms with Crippen molar-refractivity contribution in [1.29, 1.82) is 0 Å². The van der Waals surface area contributed by atoms with Crippen LogP contribution in [-0.4, -0.2) is 42.1 Å². The van der Waals surface area contributed by atoms with Crippen molar-refractivity contribution in [3.8, 4) is 28.3 Å². The Balaban J connectivity index is 1.60. The zero-order valence-electron chi connectivity index (χ0n) is 16.8. The minimum atomic E-state index is -0.483. The number of nitrogens with zero attached hydrogens (tertiary/aromatic N) is 2. The average molecular weight is 405 g/mol. The first-order valence-electron chi connectivity index (χ1n) is 10.1. The third kappa shape index (κ3) is 3.11. The molecule has 7 nitrogen and oxygen atoms in total. The van der Waals surface area contributed by atoms with Gasteiger partial charge < -0.3 is 24.5 Å². The minimum Gasteiger partial charge on any atom is -0.486 e. The summed E-state index contributed by atoms with van der Waals surface area (Å²) in [6.45, 7) is 1.72. The van der Waals surface area contributed by atoms with Crippen molar-refractivity contribution in [1.82, 2.24) is 9.88 Å². The van der Waals surface area contributed by atoms with Crippen LogP contribution >= 0.6 is 0 Å². The summed E-state index contributed by atoms with van der Waals surface area (Å²) in [7, 11) is 2.05. The molecule has 2 N–H and O–H groups in total. The predicted molar refractivity (Wildman–Crippen MR) is 112 cm³/mol. The average Bonchev–Trinajstić information content (AvgIpc) is 3.43. The molecule has 0 spiro atoms. The molecule has 0 amide bonds. The molecule has 0 bridgehead atoms. The molecule has 2 aliphatic rings. The molecule has 0 radical (unpaired) electrons. The van der Waals surface area contributed by atoms with Gasteiger partial charge in [0.15, 0.2) is 17.2 Å². The van der Waals surface area contributed by atoms with Crippen molar-refractivity contribution in [2.75, 3.05) is 25.9 Å². The van der Waals surface area contributed by atoms with Crippen LogP contribution in [0.3, 0.4) is 0 Å². The minimum absolute atomic E-state index is 0.102. The number of benzene rings is 1. The highest BCUT2D eigenvalue weighted by molar-refractivity contribution is 6.05. The normalized spacial score (nSPS) is 17.8. The van der Waals surface area contributed by atoms with Crippen LogP contribution in [-0.2, 0) is 11.3 Å². The predicted octanol–water partition coefficient (Wildman–Crippen LogP) is 3.73. The van der Waals surface area contributed by atoms with Crippen LogP contribution in [0.15, 0.2) is 47.1 Å². The number of rotatable bonds is 4. The molecule has 3 aromatic rings. The van der Waals surface area contributed by atoms with E-state index in [4.69, 9.17) is 19.6 Å². The Morgan fingerprint density at radius 1 is 1.30 bits per heavy atom. The van der Waals surface area contributed by atoms with Crippen molar-refractivity contribution in [2.24, 2.45) is 0 Å². The molecule has 154 valence electrons. The summed E-state index contributed by atoms with van der Waals surface area (Å²) in [5.41, 5.74) is 9.51. The van der Waals surface area contributed by atoms with E-state index in [-0.39, 0.29) is 17.4 Å². The monoisotopic (exact) mass is 405 g/mol. The number of nitrogens with two attached hydrogens (primary N) is 1. The lowest BCUT2D eigenvalue weighted by Crippen LogP contribution is -2.30. The van der Waals surface area contributed by atoms with Gasteiger partial charge in [0.1, 0.15) is 24.6 Å². The second kappa shape index (κ2) is 7.50. The number of esters is 1. The number of likely N-dealkylation sites (N-methyl/N-ethyl adjacent to an activating group) is 1. The summed E-state index contributed by atoms with van der Waals surface area (Å²) in [5, 5.41) is 0. The molecular formula is C23H23N3O4. The first-order valence-corrected chi connectivity index (χ1v) is 10.1. The number of aromatic nitrogens is 1. The topological polar surface area (TPSA) is 90.8 Å². The van der Waals surface area contributed by atoms with Crippen LogP contribution in [0.4, 0.5) is 5.82 Å². The van der Waals surface area contributed by atoms with Crippen LogP contribution in [0.25, 0.3) is 22.6 Å². The van der Waals surface area contributed by atoms with E-state index in [1.54, 1.807) is 18.4 Å². The van der Waals surface area contributed by atoms with Crippen LogP contribution in [0.2, 0.25) is 0 Å². The smallest absolute Gasteiger partial charge is 0.342 e. The van der Waals surface area contributed by atoms with Crippen molar-refractivity contribution < 1.29 is 18.7 Å². The number of hydrogen-bond acceptors (Lipinski definition) is 7. The van der Waals surface area contributed by atoms with Crippen LogP contribution in [0.5, 0.6) is 5.75 Å². The molecule has 0 saturated carbocycles. The maximum absolute atomic E-state index is 13.2. The standard InChI is InChI=1S/C23H23N3O4/c1-26-10-4-7-15(26)13-30-23(27)19-18-16-8-3-2-6-14(16)12-29-21(18)20(25-22(19)24)17-9-5-11-28-17/h2-3,5-6,8-9,11,15H,4,7,10,12-13H2,1H3,(H2,24,25). The molecule has 1 fully saturated rings. The van der Waals surface area contributed by atoms with Crippen LogP contribution < -0.4 is 10.5 Å². The Bertz CT molecular complexity index is 1090. The van der Waals surface area contributed by atoms with Crippen LogP contribution in [0.1, 0.15) is 28.8 Å². The number of anilines is 1. The van der Waals surface area contributed by atoms with Gasteiger partial charge in [-0.25, -0.2) is 9.78 Å². The van der Waals surface area contributed by atoms with E-state index in [2.05, 4.69) is 9.88 Å². The number of likely N-dealkylation sites (tertiary alicyclic amines) is 1. The third-order valence-corrected chi connectivity index (χ3v) is 5.88. The molecule has 2 aliphatic heterocycles. The number of nitrogen functional groups attached to an aromatic ring is 1. The number of furan rings is 1. The number of hydrogen-bond donors (Lipinski definition) is 1. The lowest BCUT2D eigenvalue weighted by Gasteiger charge is -2.25. The molecule has 5 rings (SSSR count). The van der Waals surface area contributed by atoms with Crippen molar-refractivity contribution in [3.63, 3.8) is 0 Å². The number of pyridine rings is 1. The number of ether oxygens (including phenoxy) is 2. The second-order valence-corrected chi connectivity index (χ2v) is 7.72. The van der Waals surface area contributed by atoms with E-state index in [1.807, 2.05) is 31.3 Å². The van der Waals surface area contributed by atoms with E-state index in [0.717, 1.165) is 30.5 Å². The highest BCUT2D eigenvalue weighted by Crippen LogP contribution is 2.46. The van der Waals surface area contributed by atoms with E-state index >= 15 is 0 Å². The van der Waals surface area contributed by atoms with Gasteiger partial charge >= 0.3 is 5.97 Å². The Kier molecular flexibility index (Phi) is 4.67. The summed E-state index contributed by atoms with van der Waals surface area (Å²) in [6.07, 6.45) is 3.69. The molecule has 0 aliphatic carbocycles. The Hall–Kier alpha value is -3.32. The first kappa shape index (κ1) is 18.7. The van der Waals surface area contributed by atoms with E-state index in [1.165, 1.54) is 0 Å². The van der Waals surface area contributed by atoms with Crippen molar-refractivity contribution >= 4 is 11.8 Å². The van der Waals surface area contributed by atoms with Gasteiger partial charge in [0.2, 0.25) is 0 Å². The number of carbonyl (C=O) groups is 1. The van der Waals surface area contributed by atoms with Gasteiger partial charge in [-0.15, -0.1) is 0 Å². The zero-order valence-corrected chi connectivity index (χ0v) is 16.8. The molecule has 1 atom stereocenters. The highest BCUT2D eigenvalue weighted by atomic mass is 16.5. The summed E-state index contributed by atoms with van der Waals surface area (Å²) >= 11 is 0. The molecule has 1 unspecified atom stereocenters. The lowest BCUT2D eigenvalue weighted by atomic mass is 9.92. The Morgan fingerprint density at radius 2 is 2.17 bits per heavy atom. The SMILES string of the molecule is CN1CCCC1COC(=O)c1c(N)nc(-c2ccco2)c2c1-c1ccccc1CO2. The maximum atomic E-state index is 13.2. The molecule has 2 aromatic heterocycles.